The summed E-state index contributed by atoms with van der Waals surface area (Å²) in [4.78, 5) is 12.2. The summed E-state index contributed by atoms with van der Waals surface area (Å²) in [6.45, 7) is 6.07. The molecular formula is C25H25NO4S. The Morgan fingerprint density at radius 3 is 2.13 bits per heavy atom. The third-order valence-corrected chi connectivity index (χ3v) is 5.93. The van der Waals surface area contributed by atoms with Crippen molar-refractivity contribution >= 4 is 26.8 Å². The standard InChI is InChI=1S/C23H19NO4S.C2H6/c1-17(25)22-16-24(15-18-8-4-2-5-9-18)23-14-19(12-13-21(22)23)28-29(26,27)20-10-6-3-7-11-20;1-2/h2-14,16H,15H2,1H3;1-2H3. The van der Waals surface area contributed by atoms with Gasteiger partial charge in [-0.25, -0.2) is 0 Å². The van der Waals surface area contributed by atoms with Crippen LogP contribution < -0.4 is 4.18 Å². The Bertz CT molecular complexity index is 1280. The maximum atomic E-state index is 12.5. The molecule has 0 amide bonds. The van der Waals surface area contributed by atoms with Crippen molar-refractivity contribution < 1.29 is 17.4 Å². The molecule has 0 atom stereocenters. The number of carbonyl (C=O) groups excluding carboxylic acids is 1. The van der Waals surface area contributed by atoms with Gasteiger partial charge in [0.25, 0.3) is 0 Å². The Morgan fingerprint density at radius 1 is 0.903 bits per heavy atom. The van der Waals surface area contributed by atoms with Crippen LogP contribution >= 0.6 is 0 Å². The minimum atomic E-state index is -3.94. The topological polar surface area (TPSA) is 65.4 Å². The summed E-state index contributed by atoms with van der Waals surface area (Å²) >= 11 is 0. The lowest BCUT2D eigenvalue weighted by Gasteiger charge is -2.09. The Balaban J connectivity index is 0.00000132. The van der Waals surface area contributed by atoms with Gasteiger partial charge in [-0.3, -0.25) is 4.79 Å². The Kier molecular flexibility index (Phi) is 6.92. The normalized spacial score (nSPS) is 10.9. The maximum Gasteiger partial charge on any atom is 0.339 e. The number of aromatic nitrogens is 1. The highest BCUT2D eigenvalue weighted by atomic mass is 32.2. The van der Waals surface area contributed by atoms with Crippen LogP contribution in [0.15, 0.2) is 90.0 Å². The van der Waals surface area contributed by atoms with E-state index in [1.54, 1.807) is 42.6 Å². The zero-order valence-electron chi connectivity index (χ0n) is 17.8. The largest absolute Gasteiger partial charge is 0.379 e. The third kappa shape index (κ3) is 5.03. The van der Waals surface area contributed by atoms with Gasteiger partial charge in [0, 0.05) is 29.8 Å². The quantitative estimate of drug-likeness (QED) is 0.288. The fourth-order valence-electron chi connectivity index (χ4n) is 3.28. The summed E-state index contributed by atoms with van der Waals surface area (Å²) in [6.07, 6.45) is 1.80. The van der Waals surface area contributed by atoms with Gasteiger partial charge in [-0.05, 0) is 36.8 Å². The van der Waals surface area contributed by atoms with Crippen molar-refractivity contribution in [3.8, 4) is 5.75 Å². The van der Waals surface area contributed by atoms with Crippen molar-refractivity contribution in [2.24, 2.45) is 0 Å². The summed E-state index contributed by atoms with van der Waals surface area (Å²) in [6, 6.07) is 22.8. The molecule has 0 N–H and O–H groups in total. The average molecular weight is 436 g/mol. The average Bonchev–Trinajstić information content (AvgIpc) is 3.14. The van der Waals surface area contributed by atoms with Crippen LogP contribution in [0.25, 0.3) is 10.9 Å². The molecule has 1 aromatic heterocycles. The Hall–Kier alpha value is -3.38. The van der Waals surface area contributed by atoms with Crippen LogP contribution in [0.1, 0.15) is 36.7 Å². The molecular weight excluding hydrogens is 410 g/mol. The SMILES string of the molecule is CC.CC(=O)c1cn(Cc2ccccc2)c2cc(OS(=O)(=O)c3ccccc3)ccc12. The molecule has 0 fully saturated rings. The first-order valence-corrected chi connectivity index (χ1v) is 11.5. The number of hydrogen-bond donors (Lipinski definition) is 0. The number of hydrogen-bond acceptors (Lipinski definition) is 4. The second kappa shape index (κ2) is 9.62. The van der Waals surface area contributed by atoms with Gasteiger partial charge < -0.3 is 8.75 Å². The van der Waals surface area contributed by atoms with E-state index in [0.29, 0.717) is 12.1 Å². The molecule has 31 heavy (non-hydrogen) atoms. The van der Waals surface area contributed by atoms with Crippen LogP contribution in [0.5, 0.6) is 5.75 Å². The van der Waals surface area contributed by atoms with Gasteiger partial charge in [0.2, 0.25) is 0 Å². The zero-order valence-corrected chi connectivity index (χ0v) is 18.6. The van der Waals surface area contributed by atoms with E-state index >= 15 is 0 Å². The second-order valence-electron chi connectivity index (χ2n) is 6.74. The molecule has 0 aliphatic heterocycles. The molecule has 160 valence electrons. The van der Waals surface area contributed by atoms with Gasteiger partial charge in [-0.2, -0.15) is 8.42 Å². The Morgan fingerprint density at radius 2 is 1.52 bits per heavy atom. The van der Waals surface area contributed by atoms with Crippen molar-refractivity contribution in [2.45, 2.75) is 32.2 Å². The van der Waals surface area contributed by atoms with Gasteiger partial charge in [0.1, 0.15) is 10.6 Å². The molecule has 0 aliphatic carbocycles. The summed E-state index contributed by atoms with van der Waals surface area (Å²) in [5.74, 6) is 0.149. The van der Waals surface area contributed by atoms with Crippen LogP contribution in [0, 0.1) is 0 Å². The monoisotopic (exact) mass is 435 g/mol. The molecule has 6 heteroatoms. The molecule has 0 radical (unpaired) electrons. The highest BCUT2D eigenvalue weighted by molar-refractivity contribution is 7.87. The number of benzene rings is 3. The molecule has 0 saturated carbocycles. The highest BCUT2D eigenvalue weighted by Gasteiger charge is 2.18. The molecule has 4 rings (SSSR count). The van der Waals surface area contributed by atoms with E-state index in [0.717, 1.165) is 16.5 Å². The number of nitrogens with zero attached hydrogens (tertiary/aromatic N) is 1. The number of rotatable bonds is 6. The predicted molar refractivity (Wildman–Crippen MR) is 123 cm³/mol. The fraction of sp³-hybridized carbons (Fsp3) is 0.160. The first kappa shape index (κ1) is 22.3. The van der Waals surface area contributed by atoms with E-state index in [1.807, 2.05) is 48.7 Å². The lowest BCUT2D eigenvalue weighted by molar-refractivity contribution is 0.101. The minimum absolute atomic E-state index is 0.0487. The van der Waals surface area contributed by atoms with E-state index in [4.69, 9.17) is 4.18 Å². The molecule has 0 spiro atoms. The van der Waals surface area contributed by atoms with Crippen LogP contribution in [0.3, 0.4) is 0 Å². The van der Waals surface area contributed by atoms with E-state index < -0.39 is 10.1 Å². The van der Waals surface area contributed by atoms with Gasteiger partial charge in [0.15, 0.2) is 5.78 Å². The fourth-order valence-corrected chi connectivity index (χ4v) is 4.22. The molecule has 1 heterocycles. The van der Waals surface area contributed by atoms with E-state index in [-0.39, 0.29) is 16.4 Å². The highest BCUT2D eigenvalue weighted by Crippen LogP contribution is 2.28. The smallest absolute Gasteiger partial charge is 0.339 e. The van der Waals surface area contributed by atoms with Crippen molar-refractivity contribution in [2.75, 3.05) is 0 Å². The predicted octanol–water partition coefficient (Wildman–Crippen LogP) is 5.69. The molecule has 0 saturated heterocycles. The number of carbonyl (C=O) groups is 1. The van der Waals surface area contributed by atoms with E-state index in [9.17, 15) is 13.2 Å². The maximum absolute atomic E-state index is 12.5. The van der Waals surface area contributed by atoms with Crippen LogP contribution in [-0.4, -0.2) is 18.8 Å². The van der Waals surface area contributed by atoms with Crippen LogP contribution in [0.4, 0.5) is 0 Å². The molecule has 0 unspecified atom stereocenters. The minimum Gasteiger partial charge on any atom is -0.379 e. The number of ketones is 1. The number of fused-ring (bicyclic) bond motifs is 1. The molecule has 0 bridgehead atoms. The second-order valence-corrected chi connectivity index (χ2v) is 8.29. The van der Waals surface area contributed by atoms with E-state index in [2.05, 4.69) is 0 Å². The summed E-state index contributed by atoms with van der Waals surface area (Å²) in [5.41, 5.74) is 2.40. The Labute approximate surface area is 183 Å². The zero-order chi connectivity index (χ0) is 22.4. The molecule has 4 aromatic rings. The first-order valence-electron chi connectivity index (χ1n) is 10.1. The van der Waals surface area contributed by atoms with Crippen molar-refractivity contribution in [1.29, 1.82) is 0 Å². The lowest BCUT2D eigenvalue weighted by atomic mass is 10.1. The third-order valence-electron chi connectivity index (χ3n) is 4.67. The molecule has 0 aliphatic rings. The van der Waals surface area contributed by atoms with Crippen molar-refractivity contribution in [3.05, 3.63) is 96.2 Å². The van der Waals surface area contributed by atoms with Crippen LogP contribution in [0.2, 0.25) is 0 Å². The van der Waals surface area contributed by atoms with Gasteiger partial charge in [-0.1, -0.05) is 62.4 Å². The van der Waals surface area contributed by atoms with Gasteiger partial charge >= 0.3 is 10.1 Å². The molecule has 3 aromatic carbocycles. The lowest BCUT2D eigenvalue weighted by Crippen LogP contribution is -2.09. The van der Waals surface area contributed by atoms with Crippen LogP contribution in [-0.2, 0) is 16.7 Å². The number of Topliss-reactive ketones (excluding diaryl/α,β-unsaturated/α-hetero) is 1. The van der Waals surface area contributed by atoms with Gasteiger partial charge in [-0.15, -0.1) is 0 Å². The van der Waals surface area contributed by atoms with Crippen molar-refractivity contribution in [3.63, 3.8) is 0 Å². The summed E-state index contributed by atoms with van der Waals surface area (Å²) in [5, 5.41) is 0.762. The summed E-state index contributed by atoms with van der Waals surface area (Å²) < 4.78 is 32.4. The summed E-state index contributed by atoms with van der Waals surface area (Å²) in [7, 11) is -3.94. The van der Waals surface area contributed by atoms with Crippen molar-refractivity contribution in [1.82, 2.24) is 4.57 Å². The van der Waals surface area contributed by atoms with E-state index in [1.165, 1.54) is 19.1 Å². The molecule has 5 nitrogen and oxygen atoms in total. The van der Waals surface area contributed by atoms with Gasteiger partial charge in [0.05, 0.1) is 5.52 Å². The first-order chi connectivity index (χ1) is 14.9.